The molecule has 3 heterocycles. The number of hydrogen-bond acceptors (Lipinski definition) is 7. The zero-order valence-corrected chi connectivity index (χ0v) is 18.6. The molecule has 0 spiro atoms. The summed E-state index contributed by atoms with van der Waals surface area (Å²) < 4.78 is 12.3. The topological polar surface area (TPSA) is 98.5 Å². The molecule has 0 radical (unpaired) electrons. The van der Waals surface area contributed by atoms with Crippen LogP contribution in [-0.2, 0) is 18.7 Å². The quantitative estimate of drug-likeness (QED) is 0.223. The van der Waals surface area contributed by atoms with Gasteiger partial charge in [0.1, 0.15) is 17.1 Å². The molecular weight excluding hydrogens is 440 g/mol. The molecule has 33 heavy (non-hydrogen) atoms. The van der Waals surface area contributed by atoms with Crippen molar-refractivity contribution < 1.29 is 13.9 Å². The Morgan fingerprint density at radius 2 is 1.88 bits per heavy atom. The van der Waals surface area contributed by atoms with Gasteiger partial charge in [0, 0.05) is 23.3 Å². The third kappa shape index (κ3) is 4.05. The molecule has 0 fully saturated rings. The van der Waals surface area contributed by atoms with Crippen molar-refractivity contribution in [3.8, 4) is 5.75 Å². The molecule has 0 atom stereocenters. The van der Waals surface area contributed by atoms with Crippen LogP contribution in [0.1, 0.15) is 23.8 Å². The zero-order chi connectivity index (χ0) is 22.9. The summed E-state index contributed by atoms with van der Waals surface area (Å²) in [6.45, 7) is 2.19. The molecule has 0 amide bonds. The average molecular weight is 461 g/mol. The van der Waals surface area contributed by atoms with Crippen molar-refractivity contribution in [3.05, 3.63) is 98.5 Å². The van der Waals surface area contributed by atoms with Crippen molar-refractivity contribution >= 4 is 33.6 Å². The van der Waals surface area contributed by atoms with E-state index >= 15 is 0 Å². The first-order valence-electron chi connectivity index (χ1n) is 10.5. The highest BCUT2D eigenvalue weighted by Crippen LogP contribution is 2.30. The Hall–Kier alpha value is -3.78. The van der Waals surface area contributed by atoms with Gasteiger partial charge in [-0.05, 0) is 47.9 Å². The number of hydrogen-bond donors (Lipinski definition) is 1. The van der Waals surface area contributed by atoms with E-state index in [-0.39, 0.29) is 17.9 Å². The van der Waals surface area contributed by atoms with E-state index in [4.69, 9.17) is 13.8 Å². The number of phenols is 1. The van der Waals surface area contributed by atoms with Crippen LogP contribution in [0.15, 0.2) is 84.4 Å². The molecule has 1 N–H and O–H groups in total. The number of aromatic hydroxyl groups is 1. The molecule has 3 aromatic heterocycles. The highest BCUT2D eigenvalue weighted by molar-refractivity contribution is 7.98. The van der Waals surface area contributed by atoms with Crippen LogP contribution in [0.5, 0.6) is 5.75 Å². The molecule has 0 saturated carbocycles. The monoisotopic (exact) mass is 460 g/mol. The van der Waals surface area contributed by atoms with Crippen LogP contribution < -0.4 is 11.2 Å². The Morgan fingerprint density at radius 1 is 1.03 bits per heavy atom. The summed E-state index contributed by atoms with van der Waals surface area (Å²) in [6.07, 6.45) is 2.21. The first kappa shape index (κ1) is 21.1. The molecule has 0 saturated heterocycles. The number of thioether (sulfide) groups is 1. The van der Waals surface area contributed by atoms with Gasteiger partial charge in [-0.25, -0.2) is 9.78 Å². The minimum absolute atomic E-state index is 0.0986. The molecular formula is C25H20N2O5S. The lowest BCUT2D eigenvalue weighted by Crippen LogP contribution is -2.23. The number of benzene rings is 2. The minimum atomic E-state index is -0.499. The number of furan rings is 1. The Labute approximate surface area is 192 Å². The fourth-order valence-electron chi connectivity index (χ4n) is 3.81. The van der Waals surface area contributed by atoms with Crippen LogP contribution >= 0.6 is 11.8 Å². The number of para-hydroxylation sites is 1. The molecule has 5 rings (SSSR count). The summed E-state index contributed by atoms with van der Waals surface area (Å²) in [4.78, 5) is 30.1. The van der Waals surface area contributed by atoms with Crippen molar-refractivity contribution in [3.63, 3.8) is 0 Å². The molecule has 5 aromatic rings. The van der Waals surface area contributed by atoms with E-state index in [1.165, 1.54) is 23.9 Å². The van der Waals surface area contributed by atoms with Gasteiger partial charge in [-0.3, -0.25) is 9.36 Å². The lowest BCUT2D eigenvalue weighted by atomic mass is 10.1. The number of rotatable bonds is 6. The SMILES string of the molecule is CCc1cc2c(CSc3nc4ccccc4c(=O)n3Cc3ccco3)cc(=O)oc2cc1O. The van der Waals surface area contributed by atoms with E-state index in [1.54, 1.807) is 29.0 Å². The molecule has 0 aliphatic rings. The van der Waals surface area contributed by atoms with Gasteiger partial charge in [0.05, 0.1) is 23.7 Å². The average Bonchev–Trinajstić information content (AvgIpc) is 3.32. The minimum Gasteiger partial charge on any atom is -0.508 e. The maximum atomic E-state index is 13.2. The molecule has 0 unspecified atom stereocenters. The summed E-state index contributed by atoms with van der Waals surface area (Å²) in [5.74, 6) is 1.13. The summed E-state index contributed by atoms with van der Waals surface area (Å²) in [7, 11) is 0. The van der Waals surface area contributed by atoms with Crippen molar-refractivity contribution in [2.75, 3.05) is 0 Å². The normalized spacial score (nSPS) is 11.4. The Kier molecular flexibility index (Phi) is 5.51. The number of nitrogens with zero attached hydrogens (tertiary/aromatic N) is 2. The van der Waals surface area contributed by atoms with Crippen LogP contribution in [-0.4, -0.2) is 14.7 Å². The predicted octanol–water partition coefficient (Wildman–Crippen LogP) is 4.70. The fraction of sp³-hybridized carbons (Fsp3) is 0.160. The number of phenolic OH excluding ortho intramolecular Hbond substituents is 1. The third-order valence-corrected chi connectivity index (χ3v) is 6.51. The van der Waals surface area contributed by atoms with Crippen LogP contribution in [0, 0.1) is 0 Å². The zero-order valence-electron chi connectivity index (χ0n) is 17.8. The first-order chi connectivity index (χ1) is 16.0. The smallest absolute Gasteiger partial charge is 0.336 e. The molecule has 2 aromatic carbocycles. The Bertz CT molecular complexity index is 1590. The van der Waals surface area contributed by atoms with Gasteiger partial charge >= 0.3 is 5.63 Å². The second kappa shape index (κ2) is 8.63. The molecule has 8 heteroatoms. The second-order valence-electron chi connectivity index (χ2n) is 7.59. The van der Waals surface area contributed by atoms with E-state index < -0.39 is 5.63 Å². The van der Waals surface area contributed by atoms with Crippen molar-refractivity contribution in [1.29, 1.82) is 0 Å². The summed E-state index contributed by atoms with van der Waals surface area (Å²) >= 11 is 1.36. The lowest BCUT2D eigenvalue weighted by Gasteiger charge is -2.13. The van der Waals surface area contributed by atoms with Gasteiger partial charge in [0.2, 0.25) is 0 Å². The Balaban J connectivity index is 1.59. The fourth-order valence-corrected chi connectivity index (χ4v) is 4.80. The van der Waals surface area contributed by atoms with Gasteiger partial charge < -0.3 is 13.9 Å². The van der Waals surface area contributed by atoms with Gasteiger partial charge in [0.15, 0.2) is 5.16 Å². The highest BCUT2D eigenvalue weighted by atomic mass is 32.2. The van der Waals surface area contributed by atoms with Gasteiger partial charge in [-0.2, -0.15) is 0 Å². The van der Waals surface area contributed by atoms with Crippen LogP contribution in [0.25, 0.3) is 21.9 Å². The molecule has 7 nitrogen and oxygen atoms in total. The standard InChI is InChI=1S/C25H20N2O5S/c1-2-15-10-19-16(11-23(29)32-22(19)12-21(15)28)14-33-25-26-20-8-4-3-7-18(20)24(30)27(25)13-17-6-5-9-31-17/h3-12,28H,2,13-14H2,1H3. The van der Waals surface area contributed by atoms with E-state index in [9.17, 15) is 14.7 Å². The van der Waals surface area contributed by atoms with E-state index in [2.05, 4.69) is 0 Å². The summed E-state index contributed by atoms with van der Waals surface area (Å²) in [6, 6.07) is 15.6. The maximum Gasteiger partial charge on any atom is 0.336 e. The maximum absolute atomic E-state index is 13.2. The molecule has 0 bridgehead atoms. The largest absolute Gasteiger partial charge is 0.508 e. The second-order valence-corrected chi connectivity index (χ2v) is 8.53. The predicted molar refractivity (Wildman–Crippen MR) is 127 cm³/mol. The lowest BCUT2D eigenvalue weighted by molar-refractivity contribution is 0.466. The molecule has 0 aliphatic heterocycles. The van der Waals surface area contributed by atoms with Crippen LogP contribution in [0.2, 0.25) is 0 Å². The number of aryl methyl sites for hydroxylation is 1. The van der Waals surface area contributed by atoms with E-state index in [1.807, 2.05) is 31.2 Å². The Morgan fingerprint density at radius 3 is 2.67 bits per heavy atom. The number of aromatic nitrogens is 2. The van der Waals surface area contributed by atoms with E-state index in [0.717, 1.165) is 16.5 Å². The van der Waals surface area contributed by atoms with Crippen molar-refractivity contribution in [2.24, 2.45) is 0 Å². The molecule has 166 valence electrons. The number of fused-ring (bicyclic) bond motifs is 2. The summed E-state index contributed by atoms with van der Waals surface area (Å²) in [5.41, 5.74) is 1.79. The molecule has 0 aliphatic carbocycles. The van der Waals surface area contributed by atoms with Gasteiger partial charge in [-0.15, -0.1) is 0 Å². The van der Waals surface area contributed by atoms with Gasteiger partial charge in [-0.1, -0.05) is 30.8 Å². The van der Waals surface area contributed by atoms with Crippen molar-refractivity contribution in [1.82, 2.24) is 9.55 Å². The van der Waals surface area contributed by atoms with E-state index in [0.29, 0.717) is 39.6 Å². The highest BCUT2D eigenvalue weighted by Gasteiger charge is 2.15. The summed E-state index contributed by atoms with van der Waals surface area (Å²) in [5, 5.41) is 12.0. The van der Waals surface area contributed by atoms with Crippen molar-refractivity contribution in [2.45, 2.75) is 30.8 Å². The first-order valence-corrected chi connectivity index (χ1v) is 11.5. The van der Waals surface area contributed by atoms with Crippen LogP contribution in [0.4, 0.5) is 0 Å². The van der Waals surface area contributed by atoms with Crippen LogP contribution in [0.3, 0.4) is 0 Å². The third-order valence-electron chi connectivity index (χ3n) is 5.49. The van der Waals surface area contributed by atoms with Gasteiger partial charge in [0.25, 0.3) is 5.56 Å².